The molecule has 7 nitrogen and oxygen atoms in total. The molecular weight excluding hydrogens is 509 g/mol. The quantitative estimate of drug-likeness (QED) is 0.536. The molecular formula is C29H37ClFN3O4. The van der Waals surface area contributed by atoms with Crippen LogP contribution in [0.2, 0.25) is 5.02 Å². The lowest BCUT2D eigenvalue weighted by atomic mass is 9.95. The van der Waals surface area contributed by atoms with E-state index in [9.17, 15) is 14.0 Å². The molecule has 2 aromatic carbocycles. The average Bonchev–Trinajstić information content (AvgIpc) is 2.87. The standard InChI is InChI=1S/C29H37ClFN3O4/c1-20-14-25(15-21(2)28(20)30)37-19-29(16-27(36)34-10-8-24(9-11-34)32-22(3)35)18-33(12-13-38-29)17-23-6-4-5-7-26(23)31/h4-7,14-15,24H,8-13,16-19H2,1-3H3,(H,32,35). The Morgan fingerprint density at radius 1 is 1.16 bits per heavy atom. The van der Waals surface area contributed by atoms with Gasteiger partial charge in [-0.15, -0.1) is 0 Å². The monoisotopic (exact) mass is 545 g/mol. The van der Waals surface area contributed by atoms with E-state index in [1.165, 1.54) is 13.0 Å². The number of ether oxygens (including phenoxy) is 2. The van der Waals surface area contributed by atoms with Gasteiger partial charge in [-0.1, -0.05) is 29.8 Å². The zero-order valence-corrected chi connectivity index (χ0v) is 23.2. The fourth-order valence-corrected chi connectivity index (χ4v) is 5.43. The van der Waals surface area contributed by atoms with Crippen LogP contribution in [-0.2, 0) is 20.9 Å². The fraction of sp³-hybridized carbons (Fsp3) is 0.517. The van der Waals surface area contributed by atoms with Crippen molar-refractivity contribution in [1.82, 2.24) is 15.1 Å². The lowest BCUT2D eigenvalue weighted by molar-refractivity contribution is -0.157. The normalized spacial score (nSPS) is 20.8. The Morgan fingerprint density at radius 2 is 1.84 bits per heavy atom. The second-order valence-corrected chi connectivity index (χ2v) is 10.9. The lowest BCUT2D eigenvalue weighted by Crippen LogP contribution is -2.57. The first-order valence-corrected chi connectivity index (χ1v) is 13.6. The number of aryl methyl sites for hydroxylation is 2. The summed E-state index contributed by atoms with van der Waals surface area (Å²) in [4.78, 5) is 28.9. The number of nitrogens with one attached hydrogen (secondary N) is 1. The molecule has 1 atom stereocenters. The SMILES string of the molecule is CC(=O)NC1CCN(C(=O)CC2(COc3cc(C)c(Cl)c(C)c3)CN(Cc3ccccc3F)CCO2)CC1. The first kappa shape index (κ1) is 28.3. The van der Waals surface area contributed by atoms with Gasteiger partial charge in [0.25, 0.3) is 0 Å². The van der Waals surface area contributed by atoms with Crippen molar-refractivity contribution in [3.8, 4) is 5.75 Å². The summed E-state index contributed by atoms with van der Waals surface area (Å²) >= 11 is 6.34. The molecule has 1 N–H and O–H groups in total. The molecule has 0 bridgehead atoms. The van der Waals surface area contributed by atoms with Crippen LogP contribution in [0.15, 0.2) is 36.4 Å². The smallest absolute Gasteiger partial charge is 0.225 e. The Morgan fingerprint density at radius 3 is 2.50 bits per heavy atom. The molecule has 2 amide bonds. The number of hydrogen-bond acceptors (Lipinski definition) is 5. The highest BCUT2D eigenvalue weighted by Gasteiger charge is 2.41. The number of carbonyl (C=O) groups excluding carboxylic acids is 2. The van der Waals surface area contributed by atoms with Crippen LogP contribution in [0.4, 0.5) is 4.39 Å². The molecule has 0 spiro atoms. The molecule has 9 heteroatoms. The van der Waals surface area contributed by atoms with Crippen LogP contribution < -0.4 is 10.1 Å². The van der Waals surface area contributed by atoms with Gasteiger partial charge in [-0.3, -0.25) is 14.5 Å². The Bertz CT molecular complexity index is 1130. The van der Waals surface area contributed by atoms with Crippen LogP contribution >= 0.6 is 11.6 Å². The molecule has 2 saturated heterocycles. The van der Waals surface area contributed by atoms with Gasteiger partial charge >= 0.3 is 0 Å². The molecule has 0 saturated carbocycles. The predicted molar refractivity (Wildman–Crippen MR) is 145 cm³/mol. The largest absolute Gasteiger partial charge is 0.490 e. The topological polar surface area (TPSA) is 71.1 Å². The fourth-order valence-electron chi connectivity index (χ4n) is 5.32. The summed E-state index contributed by atoms with van der Waals surface area (Å²) in [5, 5.41) is 3.65. The zero-order valence-electron chi connectivity index (χ0n) is 22.4. The maximum Gasteiger partial charge on any atom is 0.225 e. The maximum atomic E-state index is 14.4. The number of hydrogen-bond donors (Lipinski definition) is 1. The third-order valence-electron chi connectivity index (χ3n) is 7.32. The van der Waals surface area contributed by atoms with Crippen LogP contribution in [0.25, 0.3) is 0 Å². The highest BCUT2D eigenvalue weighted by molar-refractivity contribution is 6.32. The molecule has 0 aliphatic carbocycles. The van der Waals surface area contributed by atoms with Gasteiger partial charge in [0.05, 0.1) is 13.0 Å². The van der Waals surface area contributed by atoms with Crippen molar-refractivity contribution in [2.24, 2.45) is 0 Å². The highest BCUT2D eigenvalue weighted by atomic mass is 35.5. The lowest BCUT2D eigenvalue weighted by Gasteiger charge is -2.43. The third kappa shape index (κ3) is 7.24. The summed E-state index contributed by atoms with van der Waals surface area (Å²) in [6, 6.07) is 10.6. The molecule has 0 radical (unpaired) electrons. The highest BCUT2D eigenvalue weighted by Crippen LogP contribution is 2.30. The molecule has 2 aliphatic heterocycles. The number of piperidine rings is 1. The zero-order chi connectivity index (χ0) is 27.3. The summed E-state index contributed by atoms with van der Waals surface area (Å²) in [5.74, 6) is 0.364. The van der Waals surface area contributed by atoms with Crippen molar-refractivity contribution in [2.45, 2.75) is 58.2 Å². The number of rotatable bonds is 8. The molecule has 2 aromatic rings. The van der Waals surface area contributed by atoms with E-state index >= 15 is 0 Å². The van der Waals surface area contributed by atoms with Gasteiger partial charge in [-0.2, -0.15) is 0 Å². The molecule has 1 unspecified atom stereocenters. The van der Waals surface area contributed by atoms with Crippen LogP contribution in [0.3, 0.4) is 0 Å². The summed E-state index contributed by atoms with van der Waals surface area (Å²) < 4.78 is 26.9. The van der Waals surface area contributed by atoms with Crippen LogP contribution in [-0.4, -0.2) is 72.6 Å². The van der Waals surface area contributed by atoms with E-state index in [1.807, 2.05) is 36.9 Å². The summed E-state index contributed by atoms with van der Waals surface area (Å²) in [6.45, 7) is 8.60. The van der Waals surface area contributed by atoms with Gasteiger partial charge in [0.15, 0.2) is 0 Å². The van der Waals surface area contributed by atoms with Crippen molar-refractivity contribution >= 4 is 23.4 Å². The van der Waals surface area contributed by atoms with Gasteiger partial charge in [0, 0.05) is 56.3 Å². The number of carbonyl (C=O) groups is 2. The Labute approximate surface area is 229 Å². The summed E-state index contributed by atoms with van der Waals surface area (Å²) in [7, 11) is 0. The summed E-state index contributed by atoms with van der Waals surface area (Å²) in [5.41, 5.74) is 1.55. The first-order valence-electron chi connectivity index (χ1n) is 13.2. The minimum atomic E-state index is -0.892. The predicted octanol–water partition coefficient (Wildman–Crippen LogP) is 4.26. The van der Waals surface area contributed by atoms with E-state index in [2.05, 4.69) is 10.2 Å². The second-order valence-electron chi connectivity index (χ2n) is 10.5. The summed E-state index contributed by atoms with van der Waals surface area (Å²) in [6.07, 6.45) is 1.59. The van der Waals surface area contributed by atoms with Gasteiger partial charge in [-0.25, -0.2) is 4.39 Å². The number of morpholine rings is 1. The Hall–Kier alpha value is -2.68. The number of nitrogens with zero attached hydrogens (tertiary/aromatic N) is 2. The molecule has 4 rings (SSSR count). The van der Waals surface area contributed by atoms with Crippen LogP contribution in [0, 0.1) is 19.7 Å². The van der Waals surface area contributed by atoms with E-state index in [0.29, 0.717) is 55.7 Å². The Kier molecular flexibility index (Phi) is 9.28. The molecule has 0 aromatic heterocycles. The number of amides is 2. The van der Waals surface area contributed by atoms with E-state index in [4.69, 9.17) is 21.1 Å². The van der Waals surface area contributed by atoms with E-state index < -0.39 is 5.60 Å². The van der Waals surface area contributed by atoms with Crippen molar-refractivity contribution in [2.75, 3.05) is 39.4 Å². The van der Waals surface area contributed by atoms with Crippen molar-refractivity contribution < 1.29 is 23.5 Å². The van der Waals surface area contributed by atoms with Crippen molar-refractivity contribution in [1.29, 1.82) is 0 Å². The van der Waals surface area contributed by atoms with Gasteiger partial charge < -0.3 is 19.7 Å². The minimum absolute atomic E-state index is 0.00826. The molecule has 206 valence electrons. The average molecular weight is 546 g/mol. The van der Waals surface area contributed by atoms with E-state index in [1.54, 1.807) is 12.1 Å². The molecule has 2 aliphatic rings. The van der Waals surface area contributed by atoms with Crippen molar-refractivity contribution in [3.05, 3.63) is 63.9 Å². The molecule has 38 heavy (non-hydrogen) atoms. The van der Waals surface area contributed by atoms with Crippen LogP contribution in [0.1, 0.15) is 42.9 Å². The minimum Gasteiger partial charge on any atom is -0.490 e. The van der Waals surface area contributed by atoms with Crippen molar-refractivity contribution in [3.63, 3.8) is 0 Å². The van der Waals surface area contributed by atoms with E-state index in [0.717, 1.165) is 24.0 Å². The van der Waals surface area contributed by atoms with E-state index in [-0.39, 0.29) is 36.7 Å². The molecule has 2 fully saturated rings. The first-order chi connectivity index (χ1) is 18.1. The van der Waals surface area contributed by atoms with Gasteiger partial charge in [0.2, 0.25) is 11.8 Å². The number of likely N-dealkylation sites (tertiary alicyclic amines) is 1. The third-order valence-corrected chi connectivity index (χ3v) is 7.92. The molecule has 2 heterocycles. The van der Waals surface area contributed by atoms with Gasteiger partial charge in [0.1, 0.15) is 23.8 Å². The maximum absolute atomic E-state index is 14.4. The van der Waals surface area contributed by atoms with Gasteiger partial charge in [-0.05, 0) is 56.0 Å². The second kappa shape index (κ2) is 12.5. The number of benzene rings is 2. The van der Waals surface area contributed by atoms with Crippen LogP contribution in [0.5, 0.6) is 5.75 Å². The number of halogens is 2. The Balaban J connectivity index is 1.49.